The lowest BCUT2D eigenvalue weighted by Crippen LogP contribution is -2.32. The van der Waals surface area contributed by atoms with Gasteiger partial charge >= 0.3 is 0 Å². The molecule has 1 aliphatic rings. The van der Waals surface area contributed by atoms with Crippen LogP contribution in [0.4, 0.5) is 5.82 Å². The molecule has 5 heteroatoms. The molecule has 0 bridgehead atoms. The summed E-state index contributed by atoms with van der Waals surface area (Å²) in [6.07, 6.45) is 7.39. The van der Waals surface area contributed by atoms with Crippen LogP contribution in [0.2, 0.25) is 0 Å². The molecule has 0 amide bonds. The smallest absolute Gasteiger partial charge is 0.204 e. The molecule has 5 nitrogen and oxygen atoms in total. The van der Waals surface area contributed by atoms with Crippen LogP contribution in [-0.2, 0) is 6.42 Å². The lowest BCUT2D eigenvalue weighted by atomic mass is 10.0. The zero-order valence-corrected chi connectivity index (χ0v) is 14.8. The first kappa shape index (κ1) is 16.8. The van der Waals surface area contributed by atoms with E-state index in [-0.39, 0.29) is 0 Å². The Labute approximate surface area is 143 Å². The minimum Gasteiger partial charge on any atom is -0.444 e. The third-order valence-electron chi connectivity index (χ3n) is 5.21. The van der Waals surface area contributed by atoms with E-state index in [4.69, 9.17) is 9.68 Å². The number of likely N-dealkylation sites (tertiary alicyclic amines) is 1. The standard InChI is InChI=1S/C19H26N4O/c1-4-13(9-14-7-6-8-23(14)3)22-19-16(5-2)17-10-15(11-20)24-18(17)12-21-19/h10,12-14H,4-9H2,1-3H3,(H,21,22). The maximum absolute atomic E-state index is 9.05. The van der Waals surface area contributed by atoms with Crippen LogP contribution < -0.4 is 5.32 Å². The van der Waals surface area contributed by atoms with Gasteiger partial charge in [0.25, 0.3) is 0 Å². The van der Waals surface area contributed by atoms with Crippen molar-refractivity contribution in [1.29, 1.82) is 5.26 Å². The number of nitrogens with zero attached hydrogens (tertiary/aromatic N) is 3. The van der Waals surface area contributed by atoms with Crippen molar-refractivity contribution in [2.75, 3.05) is 18.9 Å². The van der Waals surface area contributed by atoms with Crippen molar-refractivity contribution in [1.82, 2.24) is 9.88 Å². The van der Waals surface area contributed by atoms with E-state index in [0.29, 0.717) is 23.4 Å². The molecule has 1 saturated heterocycles. The highest BCUT2D eigenvalue weighted by atomic mass is 16.3. The van der Waals surface area contributed by atoms with Crippen molar-refractivity contribution in [2.24, 2.45) is 0 Å². The summed E-state index contributed by atoms with van der Waals surface area (Å²) in [4.78, 5) is 7.05. The number of rotatable bonds is 6. The molecule has 3 rings (SSSR count). The Morgan fingerprint density at radius 1 is 1.50 bits per heavy atom. The lowest BCUT2D eigenvalue weighted by molar-refractivity contribution is 0.284. The van der Waals surface area contributed by atoms with Crippen LogP contribution in [0.15, 0.2) is 16.7 Å². The number of aryl methyl sites for hydroxylation is 1. The van der Waals surface area contributed by atoms with Gasteiger partial charge in [-0.25, -0.2) is 4.98 Å². The maximum Gasteiger partial charge on any atom is 0.204 e. The molecule has 1 aliphatic heterocycles. The molecule has 0 radical (unpaired) electrons. The lowest BCUT2D eigenvalue weighted by Gasteiger charge is -2.26. The Kier molecular flexibility index (Phi) is 5.06. The number of aromatic nitrogens is 1. The van der Waals surface area contributed by atoms with Crippen molar-refractivity contribution in [2.45, 2.75) is 58.0 Å². The van der Waals surface area contributed by atoms with Crippen molar-refractivity contribution in [3.8, 4) is 6.07 Å². The zero-order valence-electron chi connectivity index (χ0n) is 14.8. The quantitative estimate of drug-likeness (QED) is 0.871. The Morgan fingerprint density at radius 3 is 2.96 bits per heavy atom. The minimum absolute atomic E-state index is 0.346. The van der Waals surface area contributed by atoms with Crippen molar-refractivity contribution in [3.05, 3.63) is 23.6 Å². The van der Waals surface area contributed by atoms with Crippen LogP contribution in [0.3, 0.4) is 0 Å². The largest absolute Gasteiger partial charge is 0.444 e. The molecule has 2 aromatic rings. The van der Waals surface area contributed by atoms with Crippen LogP contribution in [-0.4, -0.2) is 35.6 Å². The van der Waals surface area contributed by atoms with Gasteiger partial charge in [-0.2, -0.15) is 5.26 Å². The SMILES string of the molecule is CCc1c(NC(CC)CC2CCCN2C)ncc2oc(C#N)cc12. The number of hydrogen-bond acceptors (Lipinski definition) is 5. The number of furan rings is 1. The third kappa shape index (κ3) is 3.25. The summed E-state index contributed by atoms with van der Waals surface area (Å²) >= 11 is 0. The van der Waals surface area contributed by atoms with E-state index >= 15 is 0 Å². The fourth-order valence-corrected chi connectivity index (χ4v) is 3.73. The molecule has 0 aliphatic carbocycles. The number of nitrogens with one attached hydrogen (secondary N) is 1. The summed E-state index contributed by atoms with van der Waals surface area (Å²) in [5, 5.41) is 13.7. The molecule has 128 valence electrons. The van der Waals surface area contributed by atoms with Crippen LogP contribution >= 0.6 is 0 Å². The van der Waals surface area contributed by atoms with Gasteiger partial charge in [0, 0.05) is 29.1 Å². The molecule has 0 spiro atoms. The molecule has 24 heavy (non-hydrogen) atoms. The molecule has 1 N–H and O–H groups in total. The Hall–Kier alpha value is -2.06. The second-order valence-corrected chi connectivity index (χ2v) is 6.70. The second-order valence-electron chi connectivity index (χ2n) is 6.70. The van der Waals surface area contributed by atoms with Gasteiger partial charge in [0.15, 0.2) is 5.58 Å². The van der Waals surface area contributed by atoms with Gasteiger partial charge in [-0.3, -0.25) is 0 Å². The summed E-state index contributed by atoms with van der Waals surface area (Å²) in [7, 11) is 2.22. The van der Waals surface area contributed by atoms with E-state index in [9.17, 15) is 0 Å². The van der Waals surface area contributed by atoms with Crippen LogP contribution in [0, 0.1) is 11.3 Å². The second kappa shape index (κ2) is 7.23. The first-order valence-electron chi connectivity index (χ1n) is 8.94. The van der Waals surface area contributed by atoms with E-state index in [1.807, 2.05) is 6.07 Å². The average molecular weight is 326 g/mol. The first-order chi connectivity index (χ1) is 11.7. The van der Waals surface area contributed by atoms with E-state index in [0.717, 1.165) is 36.0 Å². The molecule has 1 fully saturated rings. The summed E-state index contributed by atoms with van der Waals surface area (Å²) in [5.74, 6) is 1.28. The van der Waals surface area contributed by atoms with Crippen LogP contribution in [0.5, 0.6) is 0 Å². The zero-order chi connectivity index (χ0) is 17.1. The van der Waals surface area contributed by atoms with Gasteiger partial charge < -0.3 is 14.6 Å². The molecule has 0 saturated carbocycles. The van der Waals surface area contributed by atoms with Crippen molar-refractivity contribution >= 4 is 16.8 Å². The Balaban J connectivity index is 1.83. The highest BCUT2D eigenvalue weighted by Crippen LogP contribution is 2.29. The van der Waals surface area contributed by atoms with Gasteiger partial charge in [-0.1, -0.05) is 13.8 Å². The van der Waals surface area contributed by atoms with Crippen molar-refractivity contribution in [3.63, 3.8) is 0 Å². The number of nitriles is 1. The fraction of sp³-hybridized carbons (Fsp3) is 0.579. The topological polar surface area (TPSA) is 65.1 Å². The molecule has 0 aromatic carbocycles. The summed E-state index contributed by atoms with van der Waals surface area (Å²) in [6.45, 7) is 5.55. The molecular formula is C19H26N4O. The Morgan fingerprint density at radius 2 is 2.33 bits per heavy atom. The van der Waals surface area contributed by atoms with Crippen LogP contribution in [0.25, 0.3) is 11.0 Å². The molecule has 2 atom stereocenters. The summed E-state index contributed by atoms with van der Waals surface area (Å²) < 4.78 is 5.51. The van der Waals surface area contributed by atoms with Gasteiger partial charge in [0.1, 0.15) is 11.9 Å². The number of anilines is 1. The number of hydrogen-bond donors (Lipinski definition) is 1. The van der Waals surface area contributed by atoms with E-state index in [1.54, 1.807) is 6.20 Å². The van der Waals surface area contributed by atoms with E-state index in [2.05, 4.69) is 42.2 Å². The van der Waals surface area contributed by atoms with Crippen molar-refractivity contribution < 1.29 is 4.42 Å². The molecule has 3 heterocycles. The number of pyridine rings is 1. The van der Waals surface area contributed by atoms with Gasteiger partial charge in [0.05, 0.1) is 6.20 Å². The van der Waals surface area contributed by atoms with Crippen LogP contribution in [0.1, 0.15) is 50.9 Å². The van der Waals surface area contributed by atoms with Gasteiger partial charge in [-0.15, -0.1) is 0 Å². The maximum atomic E-state index is 9.05. The molecule has 2 aromatic heterocycles. The summed E-state index contributed by atoms with van der Waals surface area (Å²) in [5.41, 5.74) is 1.83. The first-order valence-corrected chi connectivity index (χ1v) is 8.94. The van der Waals surface area contributed by atoms with E-state index < -0.39 is 0 Å². The van der Waals surface area contributed by atoms with Gasteiger partial charge in [0.2, 0.25) is 5.76 Å². The monoisotopic (exact) mass is 326 g/mol. The highest BCUT2D eigenvalue weighted by Gasteiger charge is 2.24. The Bertz CT molecular complexity index is 746. The number of fused-ring (bicyclic) bond motifs is 1. The van der Waals surface area contributed by atoms with Gasteiger partial charge in [-0.05, 0) is 45.7 Å². The predicted molar refractivity (Wildman–Crippen MR) is 96.1 cm³/mol. The molecular weight excluding hydrogens is 300 g/mol. The normalized spacial score (nSPS) is 19.5. The minimum atomic E-state index is 0.346. The highest BCUT2D eigenvalue weighted by molar-refractivity contribution is 5.85. The molecule has 2 unspecified atom stereocenters. The predicted octanol–water partition coefficient (Wildman–Crippen LogP) is 3.94. The fourth-order valence-electron chi connectivity index (χ4n) is 3.73. The van der Waals surface area contributed by atoms with E-state index in [1.165, 1.54) is 19.4 Å². The average Bonchev–Trinajstić information content (AvgIpc) is 3.19. The third-order valence-corrected chi connectivity index (χ3v) is 5.21. The summed E-state index contributed by atoms with van der Waals surface area (Å²) in [6, 6.07) is 4.97.